The van der Waals surface area contributed by atoms with Crippen LogP contribution in [0.1, 0.15) is 25.0 Å². The summed E-state index contributed by atoms with van der Waals surface area (Å²) in [6.07, 6.45) is 1.42. The summed E-state index contributed by atoms with van der Waals surface area (Å²) >= 11 is 0. The Bertz CT molecular complexity index is 1370. The number of aryl methyl sites for hydroxylation is 2. The number of nitrogens with one attached hydrogen (secondary N) is 1. The van der Waals surface area contributed by atoms with E-state index < -0.39 is 22.5 Å². The summed E-state index contributed by atoms with van der Waals surface area (Å²) in [5.74, 6) is 0.761. The molecule has 204 valence electrons. The molecule has 0 heterocycles. The minimum Gasteiger partial charge on any atom is -0.497 e. The summed E-state index contributed by atoms with van der Waals surface area (Å²) in [5, 5.41) is 2.95. The molecule has 38 heavy (non-hydrogen) atoms. The van der Waals surface area contributed by atoms with Crippen molar-refractivity contribution in [2.45, 2.75) is 31.6 Å². The van der Waals surface area contributed by atoms with Crippen molar-refractivity contribution >= 4 is 27.3 Å². The van der Waals surface area contributed by atoms with E-state index in [2.05, 4.69) is 5.32 Å². The number of benzene rings is 3. The summed E-state index contributed by atoms with van der Waals surface area (Å²) < 4.78 is 50.5. The number of sulfonamides is 1. The van der Waals surface area contributed by atoms with Crippen LogP contribution >= 0.6 is 0 Å². The Morgan fingerprint density at radius 2 is 1.39 bits per heavy atom. The maximum Gasteiger partial charge on any atom is 0.265 e. The normalized spacial score (nSPS) is 11.0. The molecule has 0 aliphatic carbocycles. The first-order valence-corrected chi connectivity index (χ1v) is 13.5. The molecule has 1 N–H and O–H groups in total. The van der Waals surface area contributed by atoms with Gasteiger partial charge in [0, 0.05) is 17.8 Å². The van der Waals surface area contributed by atoms with Crippen LogP contribution in [0.4, 0.5) is 11.4 Å². The fourth-order valence-corrected chi connectivity index (χ4v) is 5.55. The molecule has 9 nitrogen and oxygen atoms in total. The van der Waals surface area contributed by atoms with Gasteiger partial charge in [-0.2, -0.15) is 0 Å². The maximum atomic E-state index is 14.1. The number of amides is 1. The van der Waals surface area contributed by atoms with Gasteiger partial charge in [-0.3, -0.25) is 9.10 Å². The summed E-state index contributed by atoms with van der Waals surface area (Å²) in [4.78, 5) is 13.4. The lowest BCUT2D eigenvalue weighted by molar-refractivity contribution is -0.114. The first-order chi connectivity index (χ1) is 18.2. The van der Waals surface area contributed by atoms with Crippen molar-refractivity contribution in [3.8, 4) is 23.0 Å². The lowest BCUT2D eigenvalue weighted by Gasteiger charge is -2.26. The zero-order valence-electron chi connectivity index (χ0n) is 22.5. The number of hydrogen-bond acceptors (Lipinski definition) is 7. The number of carbonyl (C=O) groups is 1. The molecule has 0 aromatic heterocycles. The zero-order chi connectivity index (χ0) is 27.9. The molecule has 1 amide bonds. The highest BCUT2D eigenvalue weighted by Crippen LogP contribution is 2.37. The molecular formula is C28H34N2O7S. The molecule has 0 aliphatic rings. The summed E-state index contributed by atoms with van der Waals surface area (Å²) in [5.41, 5.74) is 2.77. The Kier molecular flexibility index (Phi) is 9.46. The van der Waals surface area contributed by atoms with Crippen molar-refractivity contribution in [2.24, 2.45) is 0 Å². The monoisotopic (exact) mass is 542 g/mol. The number of methoxy groups -OCH3 is 4. The first-order valence-electron chi connectivity index (χ1n) is 12.1. The van der Waals surface area contributed by atoms with E-state index in [1.54, 1.807) is 12.1 Å². The Labute approximate surface area is 224 Å². The van der Waals surface area contributed by atoms with Crippen LogP contribution in [0.3, 0.4) is 0 Å². The number of anilines is 2. The predicted molar refractivity (Wildman–Crippen MR) is 147 cm³/mol. The standard InChI is InChI=1S/C28H34N2O7S/c1-7-19-10-9-11-20(8-2)28(19)29-27(31)18-30(23-16-21(34-3)12-14-24(23)35-4)38(32,33)22-13-15-25(36-5)26(17-22)37-6/h9-17H,7-8,18H2,1-6H3,(H,29,31). The van der Waals surface area contributed by atoms with Crippen LogP contribution in [0.2, 0.25) is 0 Å². The van der Waals surface area contributed by atoms with Crippen LogP contribution < -0.4 is 28.6 Å². The smallest absolute Gasteiger partial charge is 0.265 e. The molecule has 10 heteroatoms. The van der Waals surface area contributed by atoms with Gasteiger partial charge in [0.2, 0.25) is 5.91 Å². The first kappa shape index (κ1) is 28.6. The van der Waals surface area contributed by atoms with Crippen LogP contribution in [0.5, 0.6) is 23.0 Å². The highest BCUT2D eigenvalue weighted by molar-refractivity contribution is 7.92. The number of hydrogen-bond donors (Lipinski definition) is 1. The average Bonchev–Trinajstić information content (AvgIpc) is 2.94. The lowest BCUT2D eigenvalue weighted by atomic mass is 10.0. The molecule has 0 aliphatic heterocycles. The SMILES string of the molecule is CCc1cccc(CC)c1NC(=O)CN(c1cc(OC)ccc1OC)S(=O)(=O)c1ccc(OC)c(OC)c1. The molecule has 0 saturated carbocycles. The molecule has 0 atom stereocenters. The number of ether oxygens (including phenoxy) is 4. The van der Waals surface area contributed by atoms with E-state index in [4.69, 9.17) is 18.9 Å². The van der Waals surface area contributed by atoms with Crippen LogP contribution in [0.15, 0.2) is 59.5 Å². The molecule has 0 bridgehead atoms. The number of carbonyl (C=O) groups excluding carboxylic acids is 1. The largest absolute Gasteiger partial charge is 0.497 e. The van der Waals surface area contributed by atoms with E-state index in [1.807, 2.05) is 32.0 Å². The second-order valence-corrected chi connectivity index (χ2v) is 10.1. The second-order valence-electron chi connectivity index (χ2n) is 8.27. The van der Waals surface area contributed by atoms with Crippen LogP contribution in [-0.4, -0.2) is 49.3 Å². The van der Waals surface area contributed by atoms with Gasteiger partial charge in [0.15, 0.2) is 11.5 Å². The molecule has 0 radical (unpaired) electrons. The molecule has 3 rings (SSSR count). The van der Waals surface area contributed by atoms with Gasteiger partial charge in [-0.05, 0) is 48.2 Å². The van der Waals surface area contributed by atoms with Gasteiger partial charge in [0.1, 0.15) is 18.0 Å². The molecule has 0 unspecified atom stereocenters. The van der Waals surface area contributed by atoms with Crippen molar-refractivity contribution in [2.75, 3.05) is 44.6 Å². The van der Waals surface area contributed by atoms with E-state index in [1.165, 1.54) is 52.7 Å². The summed E-state index contributed by atoms with van der Waals surface area (Å²) in [7, 11) is 1.49. The average molecular weight is 543 g/mol. The van der Waals surface area contributed by atoms with Crippen molar-refractivity contribution in [3.05, 3.63) is 65.7 Å². The summed E-state index contributed by atoms with van der Waals surface area (Å²) in [6.45, 7) is 3.49. The van der Waals surface area contributed by atoms with Gasteiger partial charge in [0.25, 0.3) is 10.0 Å². The molecular weight excluding hydrogens is 508 g/mol. The minimum absolute atomic E-state index is 0.0870. The van der Waals surface area contributed by atoms with E-state index in [-0.39, 0.29) is 22.1 Å². The van der Waals surface area contributed by atoms with Crippen molar-refractivity contribution < 1.29 is 32.2 Å². The Balaban J connectivity index is 2.13. The second kappa shape index (κ2) is 12.6. The Hall–Kier alpha value is -3.92. The maximum absolute atomic E-state index is 14.1. The Morgan fingerprint density at radius 1 is 0.789 bits per heavy atom. The molecule has 0 saturated heterocycles. The van der Waals surface area contributed by atoms with E-state index in [0.717, 1.165) is 15.4 Å². The molecule has 3 aromatic carbocycles. The summed E-state index contributed by atoms with van der Waals surface area (Å²) in [6, 6.07) is 14.8. The number of para-hydroxylation sites is 1. The Morgan fingerprint density at radius 3 is 1.95 bits per heavy atom. The number of nitrogens with zero attached hydrogens (tertiary/aromatic N) is 1. The van der Waals surface area contributed by atoms with Gasteiger partial charge in [-0.15, -0.1) is 0 Å². The van der Waals surface area contributed by atoms with Crippen LogP contribution in [0, 0.1) is 0 Å². The quantitative estimate of drug-likeness (QED) is 0.354. The van der Waals surface area contributed by atoms with E-state index in [0.29, 0.717) is 30.0 Å². The van der Waals surface area contributed by atoms with Gasteiger partial charge in [-0.1, -0.05) is 32.0 Å². The van der Waals surface area contributed by atoms with Gasteiger partial charge in [0.05, 0.1) is 39.0 Å². The van der Waals surface area contributed by atoms with Crippen molar-refractivity contribution in [1.82, 2.24) is 0 Å². The topological polar surface area (TPSA) is 103 Å². The van der Waals surface area contributed by atoms with Gasteiger partial charge >= 0.3 is 0 Å². The highest BCUT2D eigenvalue weighted by Gasteiger charge is 2.31. The zero-order valence-corrected chi connectivity index (χ0v) is 23.3. The third-order valence-corrected chi connectivity index (χ3v) is 7.90. The van der Waals surface area contributed by atoms with Crippen molar-refractivity contribution in [3.63, 3.8) is 0 Å². The van der Waals surface area contributed by atoms with Crippen LogP contribution in [0.25, 0.3) is 0 Å². The van der Waals surface area contributed by atoms with Crippen LogP contribution in [-0.2, 0) is 27.7 Å². The van der Waals surface area contributed by atoms with Gasteiger partial charge < -0.3 is 24.3 Å². The van der Waals surface area contributed by atoms with Gasteiger partial charge in [-0.25, -0.2) is 8.42 Å². The van der Waals surface area contributed by atoms with Crippen molar-refractivity contribution in [1.29, 1.82) is 0 Å². The fraction of sp³-hybridized carbons (Fsp3) is 0.321. The highest BCUT2D eigenvalue weighted by atomic mass is 32.2. The molecule has 3 aromatic rings. The fourth-order valence-electron chi connectivity index (χ4n) is 4.11. The molecule has 0 fully saturated rings. The third kappa shape index (κ3) is 5.96. The van der Waals surface area contributed by atoms with E-state index in [9.17, 15) is 13.2 Å². The lowest BCUT2D eigenvalue weighted by Crippen LogP contribution is -2.38. The third-order valence-electron chi connectivity index (χ3n) is 6.15. The molecule has 0 spiro atoms. The number of rotatable bonds is 12. The van der Waals surface area contributed by atoms with E-state index >= 15 is 0 Å². The minimum atomic E-state index is -4.29. The predicted octanol–water partition coefficient (Wildman–Crippen LogP) is 4.68.